The second-order valence-electron chi connectivity index (χ2n) is 12.6. The molecular formula is C33H43F2N5O4. The number of aromatic nitrogens is 2. The van der Waals surface area contributed by atoms with Crippen LogP contribution in [0.15, 0.2) is 36.7 Å². The number of benzene rings is 2. The molecule has 44 heavy (non-hydrogen) atoms. The Kier molecular flexibility index (Phi) is 9.65. The van der Waals surface area contributed by atoms with Crippen molar-refractivity contribution in [1.82, 2.24) is 14.9 Å². The van der Waals surface area contributed by atoms with Crippen molar-refractivity contribution >= 4 is 40.1 Å². The first-order valence-electron chi connectivity index (χ1n) is 15.0. The fourth-order valence-electron chi connectivity index (χ4n) is 5.84. The first-order chi connectivity index (χ1) is 20.7. The fourth-order valence-corrected chi connectivity index (χ4v) is 5.84. The van der Waals surface area contributed by atoms with Gasteiger partial charge in [0.15, 0.2) is 5.75 Å². The lowest BCUT2D eigenvalue weighted by Gasteiger charge is -2.54. The van der Waals surface area contributed by atoms with Crippen LogP contribution in [0, 0.1) is 18.3 Å². The number of fused-ring (bicyclic) bond motifs is 1. The van der Waals surface area contributed by atoms with Gasteiger partial charge in [-0.15, -0.1) is 0 Å². The van der Waals surface area contributed by atoms with E-state index in [0.717, 1.165) is 29.7 Å². The molecule has 3 aromatic rings. The molecule has 0 spiro atoms. The van der Waals surface area contributed by atoms with Gasteiger partial charge in [0.2, 0.25) is 5.91 Å². The standard InChI is InChI=1S/C33H43F2N5O4/c1-9-21(4)33(16-39(17-33)31(42)44-32(6,7)8)18-40(22(5)41)27-14-24-26(15-28(27)43-30(34)35)36-19-37-29(24)38-25-13-11-12-20(3)23(25)10-2/h11-15,19,21,30H,9-10,16-18H2,1-8H3,(H,36,37,38). The highest BCUT2D eigenvalue weighted by Crippen LogP contribution is 2.44. The monoisotopic (exact) mass is 611 g/mol. The Morgan fingerprint density at radius 3 is 2.45 bits per heavy atom. The number of alkyl halides is 2. The van der Waals surface area contributed by atoms with E-state index in [0.29, 0.717) is 29.8 Å². The van der Waals surface area contributed by atoms with Gasteiger partial charge in [0.1, 0.15) is 17.7 Å². The summed E-state index contributed by atoms with van der Waals surface area (Å²) < 4.78 is 37.9. The average molecular weight is 612 g/mol. The average Bonchev–Trinajstić information content (AvgIpc) is 2.91. The van der Waals surface area contributed by atoms with Crippen molar-refractivity contribution in [1.29, 1.82) is 0 Å². The number of likely N-dealkylation sites (tertiary alicyclic amines) is 1. The zero-order chi connectivity index (χ0) is 32.4. The van der Waals surface area contributed by atoms with E-state index in [1.807, 2.05) is 52.8 Å². The molecule has 1 aromatic heterocycles. The zero-order valence-electron chi connectivity index (χ0n) is 26.8. The number of carbonyl (C=O) groups excluding carboxylic acids is 2. The molecule has 238 valence electrons. The number of nitrogens with zero attached hydrogens (tertiary/aromatic N) is 4. The molecule has 0 radical (unpaired) electrons. The summed E-state index contributed by atoms with van der Waals surface area (Å²) in [6.45, 7) is 12.9. The second kappa shape index (κ2) is 12.9. The summed E-state index contributed by atoms with van der Waals surface area (Å²) in [7, 11) is 0. The van der Waals surface area contributed by atoms with Crippen molar-refractivity contribution in [2.45, 2.75) is 80.4 Å². The Labute approximate surface area is 257 Å². The summed E-state index contributed by atoms with van der Waals surface area (Å²) in [6.07, 6.45) is 2.53. The maximum atomic E-state index is 13.7. The Balaban J connectivity index is 1.78. The number of carbonyl (C=O) groups is 2. The summed E-state index contributed by atoms with van der Waals surface area (Å²) in [5, 5.41) is 3.94. The van der Waals surface area contributed by atoms with E-state index in [1.54, 1.807) is 11.0 Å². The molecule has 1 fully saturated rings. The molecule has 2 heterocycles. The highest BCUT2D eigenvalue weighted by atomic mass is 19.3. The fraction of sp³-hybridized carbons (Fsp3) is 0.515. The Hall–Kier alpha value is -4.02. The van der Waals surface area contributed by atoms with Crippen LogP contribution in [0.1, 0.15) is 66.0 Å². The van der Waals surface area contributed by atoms with Gasteiger partial charge in [-0.1, -0.05) is 39.3 Å². The Morgan fingerprint density at radius 1 is 1.16 bits per heavy atom. The van der Waals surface area contributed by atoms with E-state index in [9.17, 15) is 18.4 Å². The molecule has 2 aromatic carbocycles. The minimum atomic E-state index is -3.12. The lowest BCUT2D eigenvalue weighted by Crippen LogP contribution is -2.66. The lowest BCUT2D eigenvalue weighted by molar-refractivity contribution is -0.118. The highest BCUT2D eigenvalue weighted by molar-refractivity contribution is 6.00. The minimum Gasteiger partial charge on any atom is -0.444 e. The van der Waals surface area contributed by atoms with Gasteiger partial charge >= 0.3 is 12.7 Å². The van der Waals surface area contributed by atoms with Crippen molar-refractivity contribution < 1.29 is 27.8 Å². The van der Waals surface area contributed by atoms with Crippen LogP contribution in [0.5, 0.6) is 5.75 Å². The predicted octanol–water partition coefficient (Wildman–Crippen LogP) is 7.48. The van der Waals surface area contributed by atoms with Gasteiger partial charge < -0.3 is 24.6 Å². The number of amides is 2. The zero-order valence-corrected chi connectivity index (χ0v) is 26.8. The Morgan fingerprint density at radius 2 is 1.86 bits per heavy atom. The molecule has 11 heteroatoms. The maximum absolute atomic E-state index is 13.7. The van der Waals surface area contributed by atoms with Crippen LogP contribution < -0.4 is 15.0 Å². The summed E-state index contributed by atoms with van der Waals surface area (Å²) in [5.41, 5.74) is 2.56. The molecule has 1 unspecified atom stereocenters. The number of hydrogen-bond acceptors (Lipinski definition) is 7. The number of halogens is 2. The number of ether oxygens (including phenoxy) is 2. The van der Waals surface area contributed by atoms with E-state index in [-0.39, 0.29) is 29.8 Å². The molecule has 0 bridgehead atoms. The van der Waals surface area contributed by atoms with E-state index in [4.69, 9.17) is 9.47 Å². The minimum absolute atomic E-state index is 0.109. The van der Waals surface area contributed by atoms with Crippen LogP contribution >= 0.6 is 0 Å². The van der Waals surface area contributed by atoms with Crippen LogP contribution in [-0.4, -0.2) is 58.7 Å². The molecule has 1 N–H and O–H groups in total. The molecule has 2 amide bonds. The third-order valence-electron chi connectivity index (χ3n) is 8.41. The van der Waals surface area contributed by atoms with Crippen molar-refractivity contribution in [3.63, 3.8) is 0 Å². The predicted molar refractivity (Wildman–Crippen MR) is 168 cm³/mol. The van der Waals surface area contributed by atoms with E-state index in [1.165, 1.54) is 24.2 Å². The quantitative estimate of drug-likeness (QED) is 0.254. The van der Waals surface area contributed by atoms with Crippen LogP contribution in [0.4, 0.5) is 30.8 Å². The van der Waals surface area contributed by atoms with Gasteiger partial charge in [0.25, 0.3) is 0 Å². The lowest BCUT2D eigenvalue weighted by atomic mass is 9.68. The second-order valence-corrected chi connectivity index (χ2v) is 12.6. The van der Waals surface area contributed by atoms with Gasteiger partial charge in [-0.25, -0.2) is 14.8 Å². The third kappa shape index (κ3) is 7.03. The van der Waals surface area contributed by atoms with Gasteiger partial charge in [-0.05, 0) is 63.3 Å². The molecule has 1 aliphatic rings. The number of nitrogens with one attached hydrogen (secondary N) is 1. The van der Waals surface area contributed by atoms with Gasteiger partial charge in [0, 0.05) is 49.1 Å². The number of hydrogen-bond donors (Lipinski definition) is 1. The van der Waals surface area contributed by atoms with Crippen LogP contribution in [0.2, 0.25) is 0 Å². The Bertz CT molecular complexity index is 1520. The number of rotatable bonds is 10. The molecule has 1 aliphatic heterocycles. The summed E-state index contributed by atoms with van der Waals surface area (Å²) in [6, 6.07) is 8.99. The number of aryl methyl sites for hydroxylation is 1. The molecule has 4 rings (SSSR count). The summed E-state index contributed by atoms with van der Waals surface area (Å²) in [5.74, 6) is 0.0669. The normalized spacial score (nSPS) is 15.1. The van der Waals surface area contributed by atoms with Crippen LogP contribution in [0.3, 0.4) is 0 Å². The SMILES string of the molecule is CCc1c(C)cccc1Nc1ncnc2cc(OC(F)F)c(N(CC3(C(C)CC)CN(C(=O)OC(C)(C)C)C3)C(C)=O)cc12. The highest BCUT2D eigenvalue weighted by Gasteiger charge is 2.51. The first-order valence-corrected chi connectivity index (χ1v) is 15.0. The maximum Gasteiger partial charge on any atom is 0.410 e. The molecular weight excluding hydrogens is 568 g/mol. The van der Waals surface area contributed by atoms with Crippen molar-refractivity contribution in [2.75, 3.05) is 29.9 Å². The summed E-state index contributed by atoms with van der Waals surface area (Å²) >= 11 is 0. The van der Waals surface area contributed by atoms with Crippen molar-refractivity contribution in [3.8, 4) is 5.75 Å². The third-order valence-corrected chi connectivity index (χ3v) is 8.41. The smallest absolute Gasteiger partial charge is 0.410 e. The molecule has 9 nitrogen and oxygen atoms in total. The molecule has 1 atom stereocenters. The largest absolute Gasteiger partial charge is 0.444 e. The molecule has 0 aliphatic carbocycles. The molecule has 0 saturated carbocycles. The van der Waals surface area contributed by atoms with E-state index >= 15 is 0 Å². The van der Waals surface area contributed by atoms with E-state index < -0.39 is 23.7 Å². The topological polar surface area (TPSA) is 96.9 Å². The van der Waals surface area contributed by atoms with Gasteiger partial charge in [-0.3, -0.25) is 4.79 Å². The van der Waals surface area contributed by atoms with Gasteiger partial charge in [0.05, 0.1) is 11.2 Å². The van der Waals surface area contributed by atoms with Crippen molar-refractivity contribution in [3.05, 3.63) is 47.8 Å². The van der Waals surface area contributed by atoms with Crippen LogP contribution in [-0.2, 0) is 16.0 Å². The van der Waals surface area contributed by atoms with Gasteiger partial charge in [-0.2, -0.15) is 8.78 Å². The first kappa shape index (κ1) is 32.9. The van der Waals surface area contributed by atoms with Crippen molar-refractivity contribution in [2.24, 2.45) is 11.3 Å². The van der Waals surface area contributed by atoms with E-state index in [2.05, 4.69) is 29.1 Å². The number of anilines is 3. The summed E-state index contributed by atoms with van der Waals surface area (Å²) in [4.78, 5) is 38.0. The van der Waals surface area contributed by atoms with Crippen LogP contribution in [0.25, 0.3) is 10.9 Å². The molecule has 1 saturated heterocycles.